The van der Waals surface area contributed by atoms with Crippen LogP contribution in [0.2, 0.25) is 0 Å². The van der Waals surface area contributed by atoms with Crippen LogP contribution in [0.1, 0.15) is 31.2 Å². The number of carbonyl (C=O) groups excluding carboxylic acids is 1. The minimum absolute atomic E-state index is 0.0530. The molecule has 2 aliphatic rings. The number of nitrogens with one attached hydrogen (secondary N) is 2. The molecule has 3 rings (SSSR count). The van der Waals surface area contributed by atoms with Gasteiger partial charge in [-0.3, -0.25) is 4.79 Å². The Morgan fingerprint density at radius 1 is 1.19 bits per heavy atom. The predicted octanol–water partition coefficient (Wildman–Crippen LogP) is 0.729. The van der Waals surface area contributed by atoms with Gasteiger partial charge in [-0.05, 0) is 49.4 Å². The Labute approximate surface area is 124 Å². The van der Waals surface area contributed by atoms with E-state index in [2.05, 4.69) is 10.0 Å². The van der Waals surface area contributed by atoms with Crippen LogP contribution in [0.5, 0.6) is 0 Å². The molecule has 0 unspecified atom stereocenters. The van der Waals surface area contributed by atoms with Crippen LogP contribution >= 0.6 is 0 Å². The molecule has 0 saturated heterocycles. The lowest BCUT2D eigenvalue weighted by atomic mass is 9.93. The first-order valence-electron chi connectivity index (χ1n) is 7.15. The number of hydrogen-bond donors (Lipinski definition) is 3. The van der Waals surface area contributed by atoms with Gasteiger partial charge in [0, 0.05) is 17.8 Å². The van der Waals surface area contributed by atoms with Gasteiger partial charge in [-0.15, -0.1) is 0 Å². The number of hydrogen-bond acceptors (Lipinski definition) is 4. The zero-order chi connectivity index (χ0) is 15.0. The van der Waals surface area contributed by atoms with Crippen LogP contribution < -0.4 is 15.8 Å². The first-order valence-corrected chi connectivity index (χ1v) is 8.63. The second kappa shape index (κ2) is 5.40. The third-order valence-corrected chi connectivity index (χ3v) is 5.62. The third kappa shape index (κ3) is 3.09. The van der Waals surface area contributed by atoms with Crippen molar-refractivity contribution >= 4 is 21.6 Å². The van der Waals surface area contributed by atoms with Crippen molar-refractivity contribution in [2.24, 2.45) is 5.73 Å². The molecule has 0 bridgehead atoms. The topological polar surface area (TPSA) is 101 Å². The molecule has 1 amide bonds. The first kappa shape index (κ1) is 14.5. The van der Waals surface area contributed by atoms with Gasteiger partial charge >= 0.3 is 0 Å². The van der Waals surface area contributed by atoms with Gasteiger partial charge in [-0.25, -0.2) is 13.1 Å². The van der Waals surface area contributed by atoms with Gasteiger partial charge in [0.2, 0.25) is 15.9 Å². The standard InChI is InChI=1S/C14H19N3O3S/c15-10-1-3-11(4-2-10)17-21(19,20)12-5-6-13-9(7-12)8-14(18)16-13/h5-7,10-11,17H,1-4,8,15H2,(H,16,18)/t10-,11-. The van der Waals surface area contributed by atoms with E-state index >= 15 is 0 Å². The molecule has 4 N–H and O–H groups in total. The molecule has 1 heterocycles. The predicted molar refractivity (Wildman–Crippen MR) is 79.3 cm³/mol. The molecule has 7 heteroatoms. The maximum atomic E-state index is 12.4. The summed E-state index contributed by atoms with van der Waals surface area (Å²) in [5, 5.41) is 2.69. The number of fused-ring (bicyclic) bond motifs is 1. The summed E-state index contributed by atoms with van der Waals surface area (Å²) in [5.41, 5.74) is 7.26. The van der Waals surface area contributed by atoms with Crippen molar-refractivity contribution in [2.75, 3.05) is 5.32 Å². The maximum absolute atomic E-state index is 12.4. The molecule has 0 aromatic heterocycles. The number of amides is 1. The van der Waals surface area contributed by atoms with E-state index in [4.69, 9.17) is 5.73 Å². The highest BCUT2D eigenvalue weighted by atomic mass is 32.2. The highest BCUT2D eigenvalue weighted by Crippen LogP contribution is 2.26. The number of anilines is 1. The van der Waals surface area contributed by atoms with Gasteiger partial charge in [-0.1, -0.05) is 0 Å². The zero-order valence-corrected chi connectivity index (χ0v) is 12.4. The summed E-state index contributed by atoms with van der Waals surface area (Å²) in [6.07, 6.45) is 3.46. The highest BCUT2D eigenvalue weighted by Gasteiger charge is 2.26. The molecule has 1 saturated carbocycles. The molecule has 0 radical (unpaired) electrons. The molecule has 114 valence electrons. The van der Waals surface area contributed by atoms with Gasteiger partial charge in [-0.2, -0.15) is 0 Å². The summed E-state index contributed by atoms with van der Waals surface area (Å²) < 4.78 is 27.6. The lowest BCUT2D eigenvalue weighted by molar-refractivity contribution is -0.115. The van der Waals surface area contributed by atoms with Crippen LogP contribution in [-0.2, 0) is 21.2 Å². The van der Waals surface area contributed by atoms with E-state index in [0.717, 1.165) is 31.2 Å². The number of carbonyl (C=O) groups is 1. The van der Waals surface area contributed by atoms with E-state index in [1.165, 1.54) is 6.07 Å². The van der Waals surface area contributed by atoms with Crippen molar-refractivity contribution in [3.63, 3.8) is 0 Å². The lowest BCUT2D eigenvalue weighted by Crippen LogP contribution is -2.40. The first-order chi connectivity index (χ1) is 9.94. The summed E-state index contributed by atoms with van der Waals surface area (Å²) >= 11 is 0. The van der Waals surface area contributed by atoms with Crippen molar-refractivity contribution in [1.82, 2.24) is 4.72 Å². The summed E-state index contributed by atoms with van der Waals surface area (Å²) in [4.78, 5) is 11.5. The SMILES string of the molecule is N[C@H]1CC[C@H](NS(=O)(=O)c2ccc3c(c2)CC(=O)N3)CC1. The summed E-state index contributed by atoms with van der Waals surface area (Å²) in [5.74, 6) is -0.103. The minimum atomic E-state index is -3.55. The molecule has 1 aliphatic carbocycles. The van der Waals surface area contributed by atoms with Crippen LogP contribution in [-0.4, -0.2) is 26.4 Å². The second-order valence-electron chi connectivity index (χ2n) is 5.78. The number of sulfonamides is 1. The van der Waals surface area contributed by atoms with Crippen LogP contribution in [0.3, 0.4) is 0 Å². The largest absolute Gasteiger partial charge is 0.328 e. The van der Waals surface area contributed by atoms with E-state index in [-0.39, 0.29) is 29.3 Å². The van der Waals surface area contributed by atoms with Crippen LogP contribution in [0, 0.1) is 0 Å². The molecule has 1 fully saturated rings. The van der Waals surface area contributed by atoms with E-state index in [1.54, 1.807) is 12.1 Å². The minimum Gasteiger partial charge on any atom is -0.328 e. The average Bonchev–Trinajstić information content (AvgIpc) is 2.80. The van der Waals surface area contributed by atoms with E-state index in [0.29, 0.717) is 5.69 Å². The molecule has 0 spiro atoms. The van der Waals surface area contributed by atoms with Crippen LogP contribution in [0.25, 0.3) is 0 Å². The fourth-order valence-corrected chi connectivity index (χ4v) is 4.25. The molecular weight excluding hydrogens is 290 g/mol. The fourth-order valence-electron chi connectivity index (χ4n) is 2.90. The van der Waals surface area contributed by atoms with Gasteiger partial charge in [0.15, 0.2) is 0 Å². The second-order valence-corrected chi connectivity index (χ2v) is 7.49. The monoisotopic (exact) mass is 309 g/mol. The van der Waals surface area contributed by atoms with Crippen molar-refractivity contribution in [3.05, 3.63) is 23.8 Å². The van der Waals surface area contributed by atoms with Crippen molar-refractivity contribution in [1.29, 1.82) is 0 Å². The lowest BCUT2D eigenvalue weighted by Gasteiger charge is -2.26. The van der Waals surface area contributed by atoms with E-state index in [9.17, 15) is 13.2 Å². The molecule has 0 atom stereocenters. The molecule has 1 aromatic carbocycles. The summed E-state index contributed by atoms with van der Waals surface area (Å²) in [6, 6.07) is 4.88. The third-order valence-electron chi connectivity index (χ3n) is 4.11. The molecular formula is C14H19N3O3S. The molecule has 1 aliphatic heterocycles. The Hall–Kier alpha value is -1.44. The summed E-state index contributed by atoms with van der Waals surface area (Å²) in [6.45, 7) is 0. The van der Waals surface area contributed by atoms with Crippen molar-refractivity contribution < 1.29 is 13.2 Å². The number of benzene rings is 1. The highest BCUT2D eigenvalue weighted by molar-refractivity contribution is 7.89. The van der Waals surface area contributed by atoms with Crippen LogP contribution in [0.15, 0.2) is 23.1 Å². The van der Waals surface area contributed by atoms with Crippen LogP contribution in [0.4, 0.5) is 5.69 Å². The van der Waals surface area contributed by atoms with E-state index in [1.807, 2.05) is 0 Å². The molecule has 21 heavy (non-hydrogen) atoms. The Balaban J connectivity index is 1.76. The normalized spacial score (nSPS) is 25.5. The Morgan fingerprint density at radius 2 is 1.90 bits per heavy atom. The van der Waals surface area contributed by atoms with Crippen molar-refractivity contribution in [3.8, 4) is 0 Å². The van der Waals surface area contributed by atoms with Crippen molar-refractivity contribution in [2.45, 2.75) is 49.1 Å². The van der Waals surface area contributed by atoms with E-state index < -0.39 is 10.0 Å². The molecule has 6 nitrogen and oxygen atoms in total. The fraction of sp³-hybridized carbons (Fsp3) is 0.500. The quantitative estimate of drug-likeness (QED) is 0.766. The average molecular weight is 309 g/mol. The number of rotatable bonds is 3. The summed E-state index contributed by atoms with van der Waals surface area (Å²) in [7, 11) is -3.55. The van der Waals surface area contributed by atoms with Gasteiger partial charge < -0.3 is 11.1 Å². The molecule has 1 aromatic rings. The van der Waals surface area contributed by atoms with Gasteiger partial charge in [0.05, 0.1) is 11.3 Å². The Kier molecular flexibility index (Phi) is 3.73. The van der Waals surface area contributed by atoms with Gasteiger partial charge in [0.25, 0.3) is 0 Å². The number of nitrogens with two attached hydrogens (primary N) is 1. The maximum Gasteiger partial charge on any atom is 0.240 e. The van der Waals surface area contributed by atoms with Gasteiger partial charge in [0.1, 0.15) is 0 Å². The Bertz CT molecular complexity index is 664. The Morgan fingerprint density at radius 3 is 2.62 bits per heavy atom. The smallest absolute Gasteiger partial charge is 0.240 e. The zero-order valence-electron chi connectivity index (χ0n) is 11.6.